The van der Waals surface area contributed by atoms with Gasteiger partial charge in [0, 0.05) is 0 Å². The summed E-state index contributed by atoms with van der Waals surface area (Å²) in [7, 11) is 4.58. The molecule has 0 aliphatic rings. The molecular formula is C20H21AuClSb-2. The van der Waals surface area contributed by atoms with E-state index >= 15 is 0 Å². The Morgan fingerprint density at radius 1 is 0.478 bits per heavy atom. The van der Waals surface area contributed by atoms with Crippen molar-refractivity contribution < 1.29 is 20.0 Å². The third-order valence-electron chi connectivity index (χ3n) is 3.04. The molecule has 0 nitrogen and oxygen atoms in total. The zero-order valence-corrected chi connectivity index (χ0v) is 18.8. The van der Waals surface area contributed by atoms with Gasteiger partial charge in [0.25, 0.3) is 0 Å². The maximum absolute atomic E-state index is 4.58. The topological polar surface area (TPSA) is 0 Å². The molecule has 0 amide bonds. The van der Waals surface area contributed by atoms with Crippen LogP contribution in [-0.4, -0.2) is 20.2 Å². The van der Waals surface area contributed by atoms with E-state index in [1.165, 1.54) is 10.5 Å². The van der Waals surface area contributed by atoms with Crippen molar-refractivity contribution in [3.8, 4) is 0 Å². The third kappa shape index (κ3) is 6.49. The van der Waals surface area contributed by atoms with E-state index in [4.69, 9.17) is 0 Å². The van der Waals surface area contributed by atoms with Gasteiger partial charge in [-0.1, -0.05) is 0 Å². The van der Waals surface area contributed by atoms with E-state index in [0.29, 0.717) is 0 Å². The van der Waals surface area contributed by atoms with Gasteiger partial charge in [0.15, 0.2) is 0 Å². The third-order valence-corrected chi connectivity index (χ3v) is 10.0. The molecule has 0 heterocycles. The van der Waals surface area contributed by atoms with Gasteiger partial charge in [0.1, 0.15) is 0 Å². The van der Waals surface area contributed by atoms with E-state index in [0.717, 1.165) is 0 Å². The van der Waals surface area contributed by atoms with Gasteiger partial charge >= 0.3 is 151 Å². The standard InChI is InChI=1S/3C6H5.2CH3.Au.ClH.Sb/c3*1-2-4-6-5-3-1;;;;;/h3*1-5H;2*1H3;;1H;/q;;;2*-1;+1;;/p-1. The number of hydrogen-bond acceptors (Lipinski definition) is 0. The molecule has 23 heavy (non-hydrogen) atoms. The molecule has 0 saturated heterocycles. The number of hydrogen-bond donors (Lipinski definition) is 0. The van der Waals surface area contributed by atoms with Crippen LogP contribution < -0.4 is 10.5 Å². The summed E-state index contributed by atoms with van der Waals surface area (Å²) in [6, 6.07) is 32.9. The quantitative estimate of drug-likeness (QED) is 0.311. The summed E-state index contributed by atoms with van der Waals surface area (Å²) in [5.74, 6) is 0. The van der Waals surface area contributed by atoms with Crippen LogP contribution in [0.3, 0.4) is 0 Å². The molecule has 0 aliphatic carbocycles. The van der Waals surface area contributed by atoms with Crippen molar-refractivity contribution in [2.24, 2.45) is 0 Å². The van der Waals surface area contributed by atoms with Crippen molar-refractivity contribution in [2.45, 2.75) is 0 Å². The van der Waals surface area contributed by atoms with Crippen molar-refractivity contribution in [2.75, 3.05) is 0 Å². The van der Waals surface area contributed by atoms with E-state index in [2.05, 4.69) is 100 Å². The fourth-order valence-electron chi connectivity index (χ4n) is 2.18. The number of benzene rings is 3. The van der Waals surface area contributed by atoms with Gasteiger partial charge in [-0.25, -0.2) is 0 Å². The van der Waals surface area contributed by atoms with E-state index in [-0.39, 0.29) is 14.9 Å². The molecule has 0 atom stereocenters. The first-order valence-electron chi connectivity index (χ1n) is 6.52. The van der Waals surface area contributed by atoms with Gasteiger partial charge in [-0.15, -0.1) is 0 Å². The normalized spacial score (nSPS) is 9.04. The molecule has 126 valence electrons. The predicted molar refractivity (Wildman–Crippen MR) is 103 cm³/mol. The predicted octanol–water partition coefficient (Wildman–Crippen LogP) is 3.79. The summed E-state index contributed by atoms with van der Waals surface area (Å²) in [5, 5.41) is 0. The molecule has 0 aromatic heterocycles. The first-order valence-corrected chi connectivity index (χ1v) is 13.0. The summed E-state index contributed by atoms with van der Waals surface area (Å²) in [6.45, 7) is 0. The Labute approximate surface area is 164 Å². The first kappa shape index (κ1) is 22.5. The second kappa shape index (κ2) is 12.9. The average molecular weight is 616 g/mol. The minimum absolute atomic E-state index is 0. The van der Waals surface area contributed by atoms with Crippen LogP contribution in [-0.2, 0) is 20.0 Å². The number of halogens is 1. The molecule has 3 aromatic carbocycles. The zero-order chi connectivity index (χ0) is 14.9. The molecule has 0 unspecified atom stereocenters. The zero-order valence-electron chi connectivity index (χ0n) is 13.3. The van der Waals surface area contributed by atoms with Crippen molar-refractivity contribution in [1.29, 1.82) is 0 Å². The molecule has 0 aliphatic heterocycles. The first-order chi connectivity index (χ1) is 10.4. The molecule has 0 fully saturated rings. The van der Waals surface area contributed by atoms with Crippen LogP contribution in [0.25, 0.3) is 0 Å². The molecular weight excluding hydrogens is 594 g/mol. The fraction of sp³-hybridized carbons (Fsp3) is 0. The van der Waals surface area contributed by atoms with E-state index < -0.39 is 20.2 Å². The summed E-state index contributed by atoms with van der Waals surface area (Å²) < 4.78 is 4.55. The van der Waals surface area contributed by atoms with E-state index in [1.807, 2.05) is 0 Å². The fourth-order valence-corrected chi connectivity index (χ4v) is 8.76. The van der Waals surface area contributed by atoms with Gasteiger partial charge in [-0.2, -0.15) is 0 Å². The second-order valence-electron chi connectivity index (χ2n) is 4.34. The Morgan fingerprint density at radius 3 is 0.913 bits per heavy atom. The van der Waals surface area contributed by atoms with Crippen molar-refractivity contribution in [1.82, 2.24) is 0 Å². The Balaban J connectivity index is 0.00000117. The van der Waals surface area contributed by atoms with E-state index in [1.54, 1.807) is 20.0 Å². The molecule has 3 rings (SSSR count). The molecule has 0 saturated carbocycles. The Bertz CT molecular complexity index is 536. The van der Waals surface area contributed by atoms with Crippen molar-refractivity contribution in [3.63, 3.8) is 0 Å². The van der Waals surface area contributed by atoms with Gasteiger partial charge in [0.2, 0.25) is 0 Å². The molecule has 3 aromatic rings. The van der Waals surface area contributed by atoms with Gasteiger partial charge < -0.3 is 14.9 Å². The molecule has 0 spiro atoms. The van der Waals surface area contributed by atoms with Crippen LogP contribution in [0.15, 0.2) is 91.0 Å². The SMILES string of the molecule is [CH3-].[CH3-].[Cl][Au].c1cc[c]([Sb]([c]2ccccc2)[c]2ccccc2)cc1. The van der Waals surface area contributed by atoms with Crippen molar-refractivity contribution >= 4 is 39.9 Å². The van der Waals surface area contributed by atoms with Crippen LogP contribution >= 0.6 is 9.19 Å². The van der Waals surface area contributed by atoms with Crippen molar-refractivity contribution in [3.05, 3.63) is 106 Å². The summed E-state index contributed by atoms with van der Waals surface area (Å²) in [5.41, 5.74) is 0. The number of rotatable bonds is 3. The average Bonchev–Trinajstić information content (AvgIpc) is 2.60. The van der Waals surface area contributed by atoms with Gasteiger partial charge in [0.05, 0.1) is 0 Å². The second-order valence-corrected chi connectivity index (χ2v) is 10.7. The molecule has 0 radical (unpaired) electrons. The Hall–Kier alpha value is -0.492. The van der Waals surface area contributed by atoms with Crippen LogP contribution in [0.2, 0.25) is 0 Å². The monoisotopic (exact) mass is 614 g/mol. The van der Waals surface area contributed by atoms with Crippen LogP contribution in [0.4, 0.5) is 0 Å². The minimum atomic E-state index is -1.83. The Morgan fingerprint density at radius 2 is 0.696 bits per heavy atom. The summed E-state index contributed by atoms with van der Waals surface area (Å²) >= 11 is -0.0763. The summed E-state index contributed by atoms with van der Waals surface area (Å²) in [4.78, 5) is 0. The Kier molecular flexibility index (Phi) is 12.6. The molecule has 0 bridgehead atoms. The van der Waals surface area contributed by atoms with E-state index in [9.17, 15) is 0 Å². The van der Waals surface area contributed by atoms with Gasteiger partial charge in [-0.3, -0.25) is 0 Å². The van der Waals surface area contributed by atoms with Crippen LogP contribution in [0.5, 0.6) is 0 Å². The van der Waals surface area contributed by atoms with Crippen LogP contribution in [0.1, 0.15) is 0 Å². The molecule has 0 N–H and O–H groups in total. The summed E-state index contributed by atoms with van der Waals surface area (Å²) in [6.07, 6.45) is 0. The maximum atomic E-state index is 4.58. The van der Waals surface area contributed by atoms with Gasteiger partial charge in [-0.05, 0) is 0 Å². The molecule has 3 heteroatoms. The van der Waals surface area contributed by atoms with Crippen LogP contribution in [0, 0.1) is 14.9 Å².